The summed E-state index contributed by atoms with van der Waals surface area (Å²) in [4.78, 5) is 17.7. The second-order valence-electron chi connectivity index (χ2n) is 9.58. The summed E-state index contributed by atoms with van der Waals surface area (Å²) < 4.78 is 0. The molecule has 1 fully saturated rings. The Hall–Kier alpha value is -1.47. The number of anilines is 1. The number of carbonyl (C=O) groups excluding carboxylic acids is 1. The number of benzene rings is 1. The fraction of sp³-hybridized carbons (Fsp3) is 0.500. The number of hydrogen-bond acceptors (Lipinski definition) is 2. The highest BCUT2D eigenvalue weighted by Crippen LogP contribution is 2.58. The molecule has 2 aromatic rings. The largest absolute Gasteiger partial charge is 0.324 e. The van der Waals surface area contributed by atoms with Crippen LogP contribution < -0.4 is 5.32 Å². The van der Waals surface area contributed by atoms with Crippen molar-refractivity contribution < 1.29 is 4.79 Å². The summed E-state index contributed by atoms with van der Waals surface area (Å²) in [6, 6.07) is 9.97. The van der Waals surface area contributed by atoms with Crippen LogP contribution in [0.25, 0.3) is 10.9 Å². The monoisotopic (exact) mass is 370 g/mol. The highest BCUT2D eigenvalue weighted by Gasteiger charge is 2.54. The standard InChI is InChI=1S/C20H30N2OSi2/c1-24(2,3)16-13-17(25(4,5)6)18(16)20(23)22-15-11-7-9-14-10-8-12-21-19(14)15/h7-12,16-18H,13H2,1-6H3,(H,22,23)/t16-,17+,18?. The topological polar surface area (TPSA) is 42.0 Å². The predicted molar refractivity (Wildman–Crippen MR) is 113 cm³/mol. The molecule has 0 spiro atoms. The lowest BCUT2D eigenvalue weighted by Gasteiger charge is -2.54. The SMILES string of the molecule is C[Si](C)(C)[C@@H]1C[C@H]([Si](C)(C)C)C1C(=O)Nc1cccc2cccnc12. The maximum atomic E-state index is 13.3. The minimum absolute atomic E-state index is 0.178. The smallest absolute Gasteiger partial charge is 0.227 e. The third-order valence-electron chi connectivity index (χ3n) is 5.79. The number of amides is 1. The van der Waals surface area contributed by atoms with Gasteiger partial charge in [0.25, 0.3) is 0 Å². The van der Waals surface area contributed by atoms with Crippen LogP contribution in [0.3, 0.4) is 0 Å². The molecular formula is C20H30N2OSi2. The van der Waals surface area contributed by atoms with Crippen molar-refractivity contribution in [2.45, 2.75) is 56.8 Å². The average molecular weight is 371 g/mol. The first-order chi connectivity index (χ1) is 11.6. The highest BCUT2D eigenvalue weighted by molar-refractivity contribution is 6.81. The van der Waals surface area contributed by atoms with E-state index in [2.05, 4.69) is 49.6 Å². The molecule has 1 heterocycles. The van der Waals surface area contributed by atoms with E-state index in [1.54, 1.807) is 6.20 Å². The molecule has 1 saturated carbocycles. The second kappa shape index (κ2) is 6.36. The Kier molecular flexibility index (Phi) is 4.66. The number of hydrogen-bond donors (Lipinski definition) is 1. The van der Waals surface area contributed by atoms with E-state index in [4.69, 9.17) is 0 Å². The predicted octanol–water partition coefficient (Wildman–Crippen LogP) is 5.61. The minimum atomic E-state index is -1.35. The molecule has 1 aliphatic carbocycles. The number of pyridine rings is 1. The third kappa shape index (κ3) is 3.58. The van der Waals surface area contributed by atoms with Gasteiger partial charge >= 0.3 is 0 Å². The zero-order chi connectivity index (χ0) is 18.4. The molecule has 0 bridgehead atoms. The zero-order valence-corrected chi connectivity index (χ0v) is 18.3. The number of nitrogens with one attached hydrogen (secondary N) is 1. The van der Waals surface area contributed by atoms with Crippen LogP contribution in [0.2, 0.25) is 50.4 Å². The van der Waals surface area contributed by atoms with Gasteiger partial charge in [-0.2, -0.15) is 0 Å². The fourth-order valence-electron chi connectivity index (χ4n) is 4.22. The normalized spacial score (nSPS) is 24.0. The van der Waals surface area contributed by atoms with Crippen LogP contribution in [-0.2, 0) is 4.79 Å². The molecule has 1 aromatic carbocycles. The van der Waals surface area contributed by atoms with Gasteiger partial charge < -0.3 is 5.32 Å². The van der Waals surface area contributed by atoms with Crippen LogP contribution in [0, 0.1) is 5.92 Å². The van der Waals surface area contributed by atoms with E-state index < -0.39 is 16.1 Å². The van der Waals surface area contributed by atoms with Crippen molar-refractivity contribution in [2.24, 2.45) is 5.92 Å². The van der Waals surface area contributed by atoms with Crippen molar-refractivity contribution in [3.8, 4) is 0 Å². The summed E-state index contributed by atoms with van der Waals surface area (Å²) in [5, 5.41) is 4.30. The van der Waals surface area contributed by atoms with E-state index in [-0.39, 0.29) is 11.8 Å². The van der Waals surface area contributed by atoms with Gasteiger partial charge in [-0.1, -0.05) is 63.9 Å². The molecule has 3 atom stereocenters. The van der Waals surface area contributed by atoms with E-state index >= 15 is 0 Å². The first-order valence-electron chi connectivity index (χ1n) is 9.23. The van der Waals surface area contributed by atoms with Gasteiger partial charge in [0.1, 0.15) is 0 Å². The van der Waals surface area contributed by atoms with Gasteiger partial charge in [-0.3, -0.25) is 9.78 Å². The number of fused-ring (bicyclic) bond motifs is 1. The van der Waals surface area contributed by atoms with Crippen LogP contribution in [0.1, 0.15) is 6.42 Å². The van der Waals surface area contributed by atoms with Crippen molar-refractivity contribution >= 4 is 38.6 Å². The number of carbonyl (C=O) groups is 1. The summed E-state index contributed by atoms with van der Waals surface area (Å²) in [6.45, 7) is 14.4. The van der Waals surface area contributed by atoms with Crippen LogP contribution in [0.4, 0.5) is 5.69 Å². The van der Waals surface area contributed by atoms with Gasteiger partial charge in [-0.05, 0) is 23.2 Å². The van der Waals surface area contributed by atoms with Crippen molar-refractivity contribution in [1.82, 2.24) is 4.98 Å². The Morgan fingerprint density at radius 2 is 1.60 bits per heavy atom. The molecule has 134 valence electrons. The van der Waals surface area contributed by atoms with E-state index in [9.17, 15) is 4.79 Å². The number of aromatic nitrogens is 1. The summed E-state index contributed by atoms with van der Waals surface area (Å²) in [6.07, 6.45) is 3.04. The number of nitrogens with zero attached hydrogens (tertiary/aromatic N) is 1. The lowest BCUT2D eigenvalue weighted by Crippen LogP contribution is -2.54. The van der Waals surface area contributed by atoms with Crippen LogP contribution >= 0.6 is 0 Å². The molecule has 1 unspecified atom stereocenters. The van der Waals surface area contributed by atoms with Crippen LogP contribution in [0.5, 0.6) is 0 Å². The fourth-order valence-corrected chi connectivity index (χ4v) is 9.49. The molecule has 3 nitrogen and oxygen atoms in total. The molecule has 3 rings (SSSR count). The van der Waals surface area contributed by atoms with Gasteiger partial charge in [0.05, 0.1) is 11.2 Å². The molecular weight excluding hydrogens is 340 g/mol. The molecule has 1 aliphatic rings. The first kappa shape index (κ1) is 18.3. The van der Waals surface area contributed by atoms with Gasteiger partial charge in [0.2, 0.25) is 5.91 Å². The second-order valence-corrected chi connectivity index (χ2v) is 20.5. The van der Waals surface area contributed by atoms with E-state index in [0.717, 1.165) is 16.6 Å². The van der Waals surface area contributed by atoms with E-state index in [1.165, 1.54) is 6.42 Å². The average Bonchev–Trinajstić information content (AvgIpc) is 2.43. The highest BCUT2D eigenvalue weighted by atomic mass is 28.3. The Morgan fingerprint density at radius 3 is 2.20 bits per heavy atom. The number of para-hydroxylation sites is 1. The molecule has 1 aromatic heterocycles. The quantitative estimate of drug-likeness (QED) is 0.711. The van der Waals surface area contributed by atoms with E-state index in [1.807, 2.05) is 30.3 Å². The summed E-state index contributed by atoms with van der Waals surface area (Å²) in [7, 11) is -2.69. The molecule has 1 amide bonds. The lowest BCUT2D eigenvalue weighted by atomic mass is 9.82. The Labute approximate surface area is 153 Å². The Bertz CT molecular complexity index is 767. The Balaban J connectivity index is 1.89. The van der Waals surface area contributed by atoms with Gasteiger partial charge in [0.15, 0.2) is 0 Å². The zero-order valence-electron chi connectivity index (χ0n) is 16.3. The number of rotatable bonds is 4. The summed E-state index contributed by atoms with van der Waals surface area (Å²) in [5.74, 6) is 0.390. The van der Waals surface area contributed by atoms with Crippen LogP contribution in [0.15, 0.2) is 36.5 Å². The van der Waals surface area contributed by atoms with Crippen LogP contribution in [-0.4, -0.2) is 27.0 Å². The maximum absolute atomic E-state index is 13.3. The molecule has 1 N–H and O–H groups in total. The molecule has 5 heteroatoms. The van der Waals surface area contributed by atoms with Crippen molar-refractivity contribution in [3.05, 3.63) is 36.5 Å². The van der Waals surface area contributed by atoms with Crippen molar-refractivity contribution in [3.63, 3.8) is 0 Å². The van der Waals surface area contributed by atoms with Crippen molar-refractivity contribution in [2.75, 3.05) is 5.32 Å². The molecule has 0 radical (unpaired) electrons. The summed E-state index contributed by atoms with van der Waals surface area (Å²) >= 11 is 0. The lowest BCUT2D eigenvalue weighted by molar-refractivity contribution is -0.122. The first-order valence-corrected chi connectivity index (χ1v) is 16.4. The molecule has 0 saturated heterocycles. The van der Waals surface area contributed by atoms with Gasteiger partial charge in [-0.25, -0.2) is 0 Å². The maximum Gasteiger partial charge on any atom is 0.227 e. The molecule has 25 heavy (non-hydrogen) atoms. The minimum Gasteiger partial charge on any atom is -0.324 e. The van der Waals surface area contributed by atoms with Gasteiger partial charge in [0, 0.05) is 33.6 Å². The third-order valence-corrected chi connectivity index (χ3v) is 11.4. The Morgan fingerprint density at radius 1 is 1.00 bits per heavy atom. The van der Waals surface area contributed by atoms with E-state index in [0.29, 0.717) is 11.1 Å². The van der Waals surface area contributed by atoms with Crippen molar-refractivity contribution in [1.29, 1.82) is 0 Å². The van der Waals surface area contributed by atoms with Gasteiger partial charge in [-0.15, -0.1) is 0 Å². The molecule has 0 aliphatic heterocycles. The summed E-state index contributed by atoms with van der Waals surface area (Å²) in [5.41, 5.74) is 2.91.